The van der Waals surface area contributed by atoms with Crippen LogP contribution in [0.4, 0.5) is 0 Å². The van der Waals surface area contributed by atoms with Crippen LogP contribution in [0.5, 0.6) is 0 Å². The predicted molar refractivity (Wildman–Crippen MR) is 54.5 cm³/mol. The fourth-order valence-corrected chi connectivity index (χ4v) is 1.43. The van der Waals surface area contributed by atoms with Crippen LogP contribution in [0.3, 0.4) is 0 Å². The summed E-state index contributed by atoms with van der Waals surface area (Å²) in [5.74, 6) is 0. The van der Waals surface area contributed by atoms with Crippen LogP contribution < -0.4 is 0 Å². The highest BCUT2D eigenvalue weighted by Gasteiger charge is 1.99. The molecule has 0 aliphatic rings. The molecule has 0 heterocycles. The molecule has 1 aromatic rings. The maximum Gasteiger partial charge on any atom is 0.0669 e. The molecule has 0 saturated heterocycles. The first-order valence-corrected chi connectivity index (χ1v) is 4.65. The standard InChI is InChI=1S/C12H12N2/c1-2-10-7-11(3-5-13)9-12(8-10)4-6-14/h7-9H,2-4H2,1H3. The monoisotopic (exact) mass is 184 g/mol. The molecule has 2 heteroatoms. The van der Waals surface area contributed by atoms with E-state index in [-0.39, 0.29) is 0 Å². The van der Waals surface area contributed by atoms with Crippen LogP contribution in [0.1, 0.15) is 23.6 Å². The van der Waals surface area contributed by atoms with Crippen molar-refractivity contribution in [3.63, 3.8) is 0 Å². The smallest absolute Gasteiger partial charge is 0.0669 e. The minimum absolute atomic E-state index is 0.423. The van der Waals surface area contributed by atoms with Crippen molar-refractivity contribution in [1.82, 2.24) is 0 Å². The Morgan fingerprint density at radius 2 is 1.36 bits per heavy atom. The topological polar surface area (TPSA) is 47.6 Å². The van der Waals surface area contributed by atoms with E-state index in [9.17, 15) is 0 Å². The Morgan fingerprint density at radius 1 is 0.929 bits per heavy atom. The van der Waals surface area contributed by atoms with Gasteiger partial charge in [-0.25, -0.2) is 0 Å². The van der Waals surface area contributed by atoms with Crippen molar-refractivity contribution in [3.8, 4) is 12.1 Å². The molecular formula is C12H12N2. The SMILES string of the molecule is CCc1cc(CC#N)cc(CC#N)c1. The van der Waals surface area contributed by atoms with Gasteiger partial charge in [0.05, 0.1) is 25.0 Å². The number of benzene rings is 1. The molecule has 2 nitrogen and oxygen atoms in total. The lowest BCUT2D eigenvalue weighted by Gasteiger charge is -2.03. The minimum Gasteiger partial charge on any atom is -0.198 e. The molecule has 1 rings (SSSR count). The van der Waals surface area contributed by atoms with Gasteiger partial charge in [-0.05, 0) is 23.1 Å². The largest absolute Gasteiger partial charge is 0.198 e. The van der Waals surface area contributed by atoms with Crippen molar-refractivity contribution in [2.75, 3.05) is 0 Å². The molecule has 0 atom stereocenters. The summed E-state index contributed by atoms with van der Waals surface area (Å²) in [5, 5.41) is 17.2. The second-order valence-electron chi connectivity index (χ2n) is 3.18. The highest BCUT2D eigenvalue weighted by atomic mass is 14.2. The van der Waals surface area contributed by atoms with E-state index < -0.39 is 0 Å². The Bertz CT molecular complexity index is 360. The number of hydrogen-bond acceptors (Lipinski definition) is 2. The molecule has 0 aromatic heterocycles. The Hall–Kier alpha value is -1.80. The van der Waals surface area contributed by atoms with Crippen LogP contribution in [0.25, 0.3) is 0 Å². The van der Waals surface area contributed by atoms with E-state index in [0.717, 1.165) is 17.5 Å². The van der Waals surface area contributed by atoms with Crippen LogP contribution >= 0.6 is 0 Å². The van der Waals surface area contributed by atoms with Gasteiger partial charge in [0.1, 0.15) is 0 Å². The fourth-order valence-electron chi connectivity index (χ4n) is 1.43. The number of hydrogen-bond donors (Lipinski definition) is 0. The molecule has 0 saturated carbocycles. The van der Waals surface area contributed by atoms with Gasteiger partial charge in [0, 0.05) is 0 Å². The lowest BCUT2D eigenvalue weighted by molar-refractivity contribution is 1.09. The molecule has 0 aliphatic carbocycles. The molecule has 0 unspecified atom stereocenters. The van der Waals surface area contributed by atoms with Crippen LogP contribution in [-0.4, -0.2) is 0 Å². The second-order valence-corrected chi connectivity index (χ2v) is 3.18. The highest BCUT2D eigenvalue weighted by molar-refractivity contribution is 5.33. The van der Waals surface area contributed by atoms with Crippen molar-refractivity contribution in [2.45, 2.75) is 26.2 Å². The molecule has 0 bridgehead atoms. The normalized spacial score (nSPS) is 9.07. The third kappa shape index (κ3) is 2.61. The Balaban J connectivity index is 3.03. The Labute approximate surface area is 84.4 Å². The summed E-state index contributed by atoms with van der Waals surface area (Å²) in [6.07, 6.45) is 1.79. The van der Waals surface area contributed by atoms with Crippen molar-refractivity contribution in [3.05, 3.63) is 34.9 Å². The Kier molecular flexibility index (Phi) is 3.70. The van der Waals surface area contributed by atoms with Gasteiger partial charge in [-0.2, -0.15) is 10.5 Å². The summed E-state index contributed by atoms with van der Waals surface area (Å²) in [5.41, 5.74) is 3.22. The summed E-state index contributed by atoms with van der Waals surface area (Å²) >= 11 is 0. The van der Waals surface area contributed by atoms with Crippen LogP contribution in [0.2, 0.25) is 0 Å². The van der Waals surface area contributed by atoms with Crippen LogP contribution in [0.15, 0.2) is 18.2 Å². The molecule has 14 heavy (non-hydrogen) atoms. The van der Waals surface area contributed by atoms with Crippen LogP contribution in [-0.2, 0) is 19.3 Å². The van der Waals surface area contributed by atoms with Crippen molar-refractivity contribution < 1.29 is 0 Å². The van der Waals surface area contributed by atoms with E-state index in [1.54, 1.807) is 0 Å². The molecule has 1 aromatic carbocycles. The maximum absolute atomic E-state index is 8.59. The molecule has 0 amide bonds. The van der Waals surface area contributed by atoms with Gasteiger partial charge >= 0.3 is 0 Å². The summed E-state index contributed by atoms with van der Waals surface area (Å²) in [6, 6.07) is 10.2. The summed E-state index contributed by atoms with van der Waals surface area (Å²) in [4.78, 5) is 0. The van der Waals surface area contributed by atoms with Crippen molar-refractivity contribution in [1.29, 1.82) is 10.5 Å². The molecule has 0 radical (unpaired) electrons. The molecule has 0 spiro atoms. The predicted octanol–water partition coefficient (Wildman–Crippen LogP) is 2.38. The van der Waals surface area contributed by atoms with Crippen molar-refractivity contribution in [2.24, 2.45) is 0 Å². The number of nitriles is 2. The van der Waals surface area contributed by atoms with E-state index in [0.29, 0.717) is 12.8 Å². The average molecular weight is 184 g/mol. The second kappa shape index (κ2) is 5.04. The van der Waals surface area contributed by atoms with Gasteiger partial charge < -0.3 is 0 Å². The van der Waals surface area contributed by atoms with Gasteiger partial charge in [0.25, 0.3) is 0 Å². The molecule has 0 aliphatic heterocycles. The first-order chi connectivity index (χ1) is 6.80. The number of rotatable bonds is 3. The van der Waals surface area contributed by atoms with Gasteiger partial charge in [-0.3, -0.25) is 0 Å². The maximum atomic E-state index is 8.59. The first-order valence-electron chi connectivity index (χ1n) is 4.65. The van der Waals surface area contributed by atoms with Gasteiger partial charge in [0.2, 0.25) is 0 Å². The Morgan fingerprint density at radius 3 is 1.71 bits per heavy atom. The summed E-state index contributed by atoms with van der Waals surface area (Å²) < 4.78 is 0. The number of aryl methyl sites for hydroxylation is 1. The zero-order chi connectivity index (χ0) is 10.4. The van der Waals surface area contributed by atoms with E-state index in [1.165, 1.54) is 5.56 Å². The highest BCUT2D eigenvalue weighted by Crippen LogP contribution is 2.12. The first kappa shape index (κ1) is 10.3. The summed E-state index contributed by atoms with van der Waals surface area (Å²) in [6.45, 7) is 2.07. The van der Waals surface area contributed by atoms with Crippen molar-refractivity contribution >= 4 is 0 Å². The number of nitrogens with zero attached hydrogens (tertiary/aromatic N) is 2. The summed E-state index contributed by atoms with van der Waals surface area (Å²) in [7, 11) is 0. The van der Waals surface area contributed by atoms with E-state index in [1.807, 2.05) is 18.2 Å². The third-order valence-corrected chi connectivity index (χ3v) is 2.09. The van der Waals surface area contributed by atoms with Gasteiger partial charge in [0.15, 0.2) is 0 Å². The average Bonchev–Trinajstić information content (AvgIpc) is 2.18. The molecule has 0 fully saturated rings. The zero-order valence-electron chi connectivity index (χ0n) is 8.25. The molecule has 70 valence electrons. The molecular weight excluding hydrogens is 172 g/mol. The van der Waals surface area contributed by atoms with Gasteiger partial charge in [-0.15, -0.1) is 0 Å². The van der Waals surface area contributed by atoms with E-state index in [2.05, 4.69) is 19.1 Å². The fraction of sp³-hybridized carbons (Fsp3) is 0.333. The minimum atomic E-state index is 0.423. The lowest BCUT2D eigenvalue weighted by Crippen LogP contribution is -1.91. The molecule has 0 N–H and O–H groups in total. The van der Waals surface area contributed by atoms with E-state index >= 15 is 0 Å². The van der Waals surface area contributed by atoms with Gasteiger partial charge in [-0.1, -0.05) is 25.1 Å². The zero-order valence-corrected chi connectivity index (χ0v) is 8.25. The van der Waals surface area contributed by atoms with Crippen LogP contribution in [0, 0.1) is 22.7 Å². The third-order valence-electron chi connectivity index (χ3n) is 2.09. The van der Waals surface area contributed by atoms with E-state index in [4.69, 9.17) is 10.5 Å². The lowest BCUT2D eigenvalue weighted by atomic mass is 10.0. The quantitative estimate of drug-likeness (QED) is 0.724.